The van der Waals surface area contributed by atoms with E-state index in [1.807, 2.05) is 19.2 Å². The first kappa shape index (κ1) is 8.80. The number of hydrogen-bond donors (Lipinski definition) is 1. The normalized spacial score (nSPS) is 9.75. The Kier molecular flexibility index (Phi) is 2.19. The van der Waals surface area contributed by atoms with Crippen LogP contribution in [0.2, 0.25) is 0 Å². The highest BCUT2D eigenvalue weighted by Gasteiger charge is 1.96. The van der Waals surface area contributed by atoms with E-state index in [4.69, 9.17) is 5.73 Å². The van der Waals surface area contributed by atoms with Crippen LogP contribution in [0.1, 0.15) is 5.69 Å². The molecular weight excluding hydrogens is 176 g/mol. The van der Waals surface area contributed by atoms with E-state index in [9.17, 15) is 0 Å². The van der Waals surface area contributed by atoms with Gasteiger partial charge in [0.15, 0.2) is 5.65 Å². The van der Waals surface area contributed by atoms with Crippen LogP contribution >= 0.6 is 12.4 Å². The zero-order valence-electron chi connectivity index (χ0n) is 6.56. The molecule has 64 valence electrons. The molecule has 0 aliphatic carbocycles. The minimum absolute atomic E-state index is 0. The summed E-state index contributed by atoms with van der Waals surface area (Å²) in [6.07, 6.45) is 1.84. The second-order valence-corrected chi connectivity index (χ2v) is 2.44. The van der Waals surface area contributed by atoms with Gasteiger partial charge in [0, 0.05) is 0 Å². The zero-order valence-corrected chi connectivity index (χ0v) is 7.38. The Morgan fingerprint density at radius 1 is 1.42 bits per heavy atom. The van der Waals surface area contributed by atoms with Crippen LogP contribution in [-0.4, -0.2) is 14.6 Å². The molecule has 0 spiro atoms. The number of rotatable bonds is 0. The Hall–Kier alpha value is -1.29. The topological polar surface area (TPSA) is 56.2 Å². The van der Waals surface area contributed by atoms with Gasteiger partial charge in [-0.25, -0.2) is 9.50 Å². The van der Waals surface area contributed by atoms with Gasteiger partial charge in [0.25, 0.3) is 0 Å². The van der Waals surface area contributed by atoms with Crippen molar-refractivity contribution in [3.05, 3.63) is 24.0 Å². The molecule has 0 radical (unpaired) electrons. The van der Waals surface area contributed by atoms with Gasteiger partial charge in [-0.3, -0.25) is 0 Å². The summed E-state index contributed by atoms with van der Waals surface area (Å²) in [6.45, 7) is 1.92. The second kappa shape index (κ2) is 2.98. The number of anilines is 1. The molecule has 0 aromatic carbocycles. The molecule has 0 aliphatic rings. The highest BCUT2D eigenvalue weighted by molar-refractivity contribution is 5.85. The molecule has 0 unspecified atom stereocenters. The molecule has 2 N–H and O–H groups in total. The molecule has 2 rings (SSSR count). The van der Waals surface area contributed by atoms with Gasteiger partial charge in [0.1, 0.15) is 5.82 Å². The molecule has 2 heterocycles. The quantitative estimate of drug-likeness (QED) is 0.666. The van der Waals surface area contributed by atoms with E-state index >= 15 is 0 Å². The molecular formula is C7H9ClN4. The first-order chi connectivity index (χ1) is 5.25. The molecule has 0 bridgehead atoms. The van der Waals surface area contributed by atoms with Gasteiger partial charge in [-0.15, -0.1) is 17.5 Å². The number of hydrogen-bond acceptors (Lipinski definition) is 3. The predicted molar refractivity (Wildman–Crippen MR) is 49.4 cm³/mol. The predicted octanol–water partition coefficient (Wildman–Crippen LogP) is 1.04. The van der Waals surface area contributed by atoms with Crippen molar-refractivity contribution >= 4 is 23.9 Å². The summed E-state index contributed by atoms with van der Waals surface area (Å²) in [6, 6.07) is 3.58. The van der Waals surface area contributed by atoms with Crippen molar-refractivity contribution in [1.29, 1.82) is 0 Å². The maximum atomic E-state index is 5.47. The van der Waals surface area contributed by atoms with Crippen molar-refractivity contribution in [2.75, 3.05) is 5.73 Å². The Bertz CT molecular complexity index is 395. The maximum Gasteiger partial charge on any atom is 0.153 e. The summed E-state index contributed by atoms with van der Waals surface area (Å²) in [4.78, 5) is 4.20. The van der Waals surface area contributed by atoms with Crippen LogP contribution < -0.4 is 5.73 Å². The van der Waals surface area contributed by atoms with E-state index in [-0.39, 0.29) is 12.4 Å². The summed E-state index contributed by atoms with van der Waals surface area (Å²) in [5.74, 6) is 0.509. The van der Waals surface area contributed by atoms with Crippen LogP contribution in [0.3, 0.4) is 0 Å². The minimum atomic E-state index is 0. The van der Waals surface area contributed by atoms with E-state index in [0.29, 0.717) is 5.82 Å². The lowest BCUT2D eigenvalue weighted by Crippen LogP contribution is -1.95. The van der Waals surface area contributed by atoms with E-state index in [1.54, 1.807) is 10.6 Å². The number of nitrogens with zero attached hydrogens (tertiary/aromatic N) is 3. The van der Waals surface area contributed by atoms with Crippen molar-refractivity contribution in [3.63, 3.8) is 0 Å². The molecule has 2 aromatic heterocycles. The van der Waals surface area contributed by atoms with Gasteiger partial charge in [0.2, 0.25) is 0 Å². The van der Waals surface area contributed by atoms with Crippen LogP contribution in [0, 0.1) is 6.92 Å². The van der Waals surface area contributed by atoms with E-state index in [2.05, 4.69) is 10.1 Å². The number of halogens is 1. The smallest absolute Gasteiger partial charge is 0.153 e. The average Bonchev–Trinajstić information content (AvgIpc) is 2.27. The highest BCUT2D eigenvalue weighted by Crippen LogP contribution is 2.03. The molecule has 2 aromatic rings. The fraction of sp³-hybridized carbons (Fsp3) is 0.143. The van der Waals surface area contributed by atoms with Crippen molar-refractivity contribution < 1.29 is 0 Å². The second-order valence-electron chi connectivity index (χ2n) is 2.44. The van der Waals surface area contributed by atoms with Gasteiger partial charge in [0.05, 0.1) is 11.9 Å². The van der Waals surface area contributed by atoms with E-state index in [0.717, 1.165) is 11.3 Å². The van der Waals surface area contributed by atoms with Gasteiger partial charge in [-0.05, 0) is 19.1 Å². The number of imidazole rings is 1. The molecule has 0 saturated heterocycles. The first-order valence-electron chi connectivity index (χ1n) is 3.34. The molecule has 0 amide bonds. The minimum Gasteiger partial charge on any atom is -0.382 e. The highest BCUT2D eigenvalue weighted by atomic mass is 35.5. The lowest BCUT2D eigenvalue weighted by Gasteiger charge is -1.91. The Morgan fingerprint density at radius 3 is 2.92 bits per heavy atom. The molecule has 4 nitrogen and oxygen atoms in total. The third-order valence-electron chi connectivity index (χ3n) is 1.46. The summed E-state index contributed by atoms with van der Waals surface area (Å²) in [5, 5.41) is 4.03. The van der Waals surface area contributed by atoms with Crippen LogP contribution in [0.25, 0.3) is 5.65 Å². The maximum absolute atomic E-state index is 5.47. The number of aryl methyl sites for hydroxylation is 1. The lowest BCUT2D eigenvalue weighted by molar-refractivity contribution is 0.944. The summed E-state index contributed by atoms with van der Waals surface area (Å²) in [7, 11) is 0. The first-order valence-corrected chi connectivity index (χ1v) is 3.34. The SMILES string of the molecule is Cc1cn2nc(N)ccc2n1.Cl. The number of fused-ring (bicyclic) bond motifs is 1. The summed E-state index contributed by atoms with van der Waals surface area (Å²) >= 11 is 0. The summed E-state index contributed by atoms with van der Waals surface area (Å²) < 4.78 is 1.67. The molecule has 12 heavy (non-hydrogen) atoms. The fourth-order valence-electron chi connectivity index (χ4n) is 1.02. The van der Waals surface area contributed by atoms with Crippen molar-refractivity contribution in [2.24, 2.45) is 0 Å². The Morgan fingerprint density at radius 2 is 2.17 bits per heavy atom. The third kappa shape index (κ3) is 1.33. The number of nitrogen functional groups attached to an aromatic ring is 1. The van der Waals surface area contributed by atoms with E-state index < -0.39 is 0 Å². The average molecular weight is 185 g/mol. The van der Waals surface area contributed by atoms with Gasteiger partial charge < -0.3 is 5.73 Å². The van der Waals surface area contributed by atoms with Gasteiger partial charge >= 0.3 is 0 Å². The van der Waals surface area contributed by atoms with Crippen LogP contribution in [0.15, 0.2) is 18.3 Å². The fourth-order valence-corrected chi connectivity index (χ4v) is 1.02. The molecule has 0 aliphatic heterocycles. The Labute approximate surface area is 75.8 Å². The van der Waals surface area contributed by atoms with Crippen molar-refractivity contribution in [1.82, 2.24) is 14.6 Å². The number of nitrogens with two attached hydrogens (primary N) is 1. The molecule has 0 saturated carbocycles. The largest absolute Gasteiger partial charge is 0.382 e. The van der Waals surface area contributed by atoms with Crippen LogP contribution in [0.4, 0.5) is 5.82 Å². The molecule has 5 heteroatoms. The third-order valence-corrected chi connectivity index (χ3v) is 1.46. The molecule has 0 atom stereocenters. The van der Waals surface area contributed by atoms with Crippen LogP contribution in [-0.2, 0) is 0 Å². The van der Waals surface area contributed by atoms with Gasteiger partial charge in [-0.1, -0.05) is 0 Å². The standard InChI is InChI=1S/C7H8N4.ClH/c1-5-4-11-7(9-5)3-2-6(8)10-11;/h2-4H,1H3,(H2,8,10);1H. The lowest BCUT2D eigenvalue weighted by atomic mass is 10.5. The van der Waals surface area contributed by atoms with Crippen molar-refractivity contribution in [2.45, 2.75) is 6.92 Å². The molecule has 0 fully saturated rings. The monoisotopic (exact) mass is 184 g/mol. The van der Waals surface area contributed by atoms with Crippen LogP contribution in [0.5, 0.6) is 0 Å². The van der Waals surface area contributed by atoms with E-state index in [1.165, 1.54) is 0 Å². The summed E-state index contributed by atoms with van der Waals surface area (Å²) in [5.41, 5.74) is 7.25. The Balaban J connectivity index is 0.000000720. The zero-order chi connectivity index (χ0) is 7.84. The number of aromatic nitrogens is 3. The van der Waals surface area contributed by atoms with Gasteiger partial charge in [-0.2, -0.15) is 0 Å². The van der Waals surface area contributed by atoms with Crippen molar-refractivity contribution in [3.8, 4) is 0 Å².